The van der Waals surface area contributed by atoms with Gasteiger partial charge in [-0.05, 0) is 58.7 Å². The molecule has 0 fully saturated rings. The van der Waals surface area contributed by atoms with E-state index in [4.69, 9.17) is 4.42 Å². The van der Waals surface area contributed by atoms with E-state index >= 15 is 0 Å². The molecular formula is C37H33N3O6. The molecule has 1 heterocycles. The van der Waals surface area contributed by atoms with Crippen LogP contribution in [0.2, 0.25) is 0 Å². The van der Waals surface area contributed by atoms with Gasteiger partial charge >= 0.3 is 5.97 Å². The molecule has 5 rings (SSSR count). The Morgan fingerprint density at radius 2 is 1.15 bits per heavy atom. The minimum atomic E-state index is -1.20. The molecule has 0 bridgehead atoms. The monoisotopic (exact) mass is 615 g/mol. The van der Waals surface area contributed by atoms with Crippen LogP contribution in [0.25, 0.3) is 11.1 Å². The van der Waals surface area contributed by atoms with Crippen molar-refractivity contribution >= 4 is 23.7 Å². The lowest BCUT2D eigenvalue weighted by Gasteiger charge is -2.22. The number of benzene rings is 4. The highest BCUT2D eigenvalue weighted by Gasteiger charge is 2.27. The highest BCUT2D eigenvalue weighted by atomic mass is 16.4. The van der Waals surface area contributed by atoms with Gasteiger partial charge in [0.25, 0.3) is 11.8 Å². The molecule has 232 valence electrons. The Morgan fingerprint density at radius 1 is 0.587 bits per heavy atom. The number of carboxylic acid groups (broad SMARTS) is 1. The van der Waals surface area contributed by atoms with Gasteiger partial charge in [0.05, 0.1) is 12.8 Å². The van der Waals surface area contributed by atoms with E-state index in [1.165, 1.54) is 30.5 Å². The zero-order chi connectivity index (χ0) is 32.3. The van der Waals surface area contributed by atoms with E-state index in [1.54, 1.807) is 36.4 Å². The molecule has 0 unspecified atom stereocenters. The summed E-state index contributed by atoms with van der Waals surface area (Å²) in [4.78, 5) is 51.5. The van der Waals surface area contributed by atoms with Crippen LogP contribution in [-0.2, 0) is 29.0 Å². The van der Waals surface area contributed by atoms with E-state index in [0.717, 1.165) is 22.3 Å². The molecule has 2 atom stereocenters. The van der Waals surface area contributed by atoms with E-state index in [1.807, 2.05) is 60.7 Å². The van der Waals surface area contributed by atoms with Gasteiger partial charge in [-0.2, -0.15) is 0 Å². The number of hydrogen-bond donors (Lipinski definition) is 4. The van der Waals surface area contributed by atoms with Crippen LogP contribution in [0.3, 0.4) is 0 Å². The molecule has 0 saturated heterocycles. The Morgan fingerprint density at radius 3 is 1.76 bits per heavy atom. The number of nitrogens with one attached hydrogen (secondary N) is 3. The molecule has 46 heavy (non-hydrogen) atoms. The van der Waals surface area contributed by atoms with Crippen LogP contribution < -0.4 is 16.0 Å². The number of rotatable bonds is 13. The van der Waals surface area contributed by atoms with Crippen molar-refractivity contribution in [1.82, 2.24) is 16.0 Å². The summed E-state index contributed by atoms with van der Waals surface area (Å²) in [5.41, 5.74) is 4.15. The van der Waals surface area contributed by atoms with Crippen molar-refractivity contribution in [2.75, 3.05) is 0 Å². The first kappa shape index (κ1) is 31.5. The van der Waals surface area contributed by atoms with E-state index in [0.29, 0.717) is 11.3 Å². The minimum Gasteiger partial charge on any atom is -0.480 e. The van der Waals surface area contributed by atoms with Gasteiger partial charge in [-0.15, -0.1) is 0 Å². The standard InChI is InChI=1S/C37H33N3O6/c41-34(38-24-31-12-7-21-46-31)29-17-19-30(20-18-29)35(42)39-32(22-26-13-15-28(16-14-26)27-10-5-2-6-11-27)36(43)40-33(37(44)45)23-25-8-3-1-4-9-25/h1-21,32-33H,22-24H2,(H,38,41)(H,39,42)(H,40,43)(H,44,45)/t32-,33-/m0/s1. The average molecular weight is 616 g/mol. The molecule has 0 saturated carbocycles. The Labute approximate surface area is 266 Å². The zero-order valence-electron chi connectivity index (χ0n) is 24.9. The molecule has 0 spiro atoms. The molecule has 4 aromatic carbocycles. The average Bonchev–Trinajstić information content (AvgIpc) is 3.61. The van der Waals surface area contributed by atoms with Crippen LogP contribution in [0.1, 0.15) is 37.6 Å². The molecule has 9 nitrogen and oxygen atoms in total. The summed E-state index contributed by atoms with van der Waals surface area (Å²) in [6.07, 6.45) is 1.72. The summed E-state index contributed by atoms with van der Waals surface area (Å²) < 4.78 is 5.23. The second kappa shape index (κ2) is 15.2. The fourth-order valence-corrected chi connectivity index (χ4v) is 4.93. The van der Waals surface area contributed by atoms with Crippen molar-refractivity contribution in [3.05, 3.63) is 156 Å². The predicted molar refractivity (Wildman–Crippen MR) is 173 cm³/mol. The van der Waals surface area contributed by atoms with Crippen molar-refractivity contribution in [1.29, 1.82) is 0 Å². The van der Waals surface area contributed by atoms with Crippen LogP contribution in [-0.4, -0.2) is 40.9 Å². The molecule has 0 aliphatic heterocycles. The van der Waals surface area contributed by atoms with Gasteiger partial charge in [0, 0.05) is 24.0 Å². The van der Waals surface area contributed by atoms with Crippen molar-refractivity contribution in [2.45, 2.75) is 31.5 Å². The van der Waals surface area contributed by atoms with Crippen LogP contribution in [0, 0.1) is 0 Å². The summed E-state index contributed by atoms with van der Waals surface area (Å²) in [6, 6.07) is 33.7. The van der Waals surface area contributed by atoms with Gasteiger partial charge in [0.1, 0.15) is 17.8 Å². The maximum Gasteiger partial charge on any atom is 0.326 e. The molecule has 1 aromatic heterocycles. The highest BCUT2D eigenvalue weighted by molar-refractivity contribution is 6.00. The number of furan rings is 1. The van der Waals surface area contributed by atoms with Gasteiger partial charge in [0.2, 0.25) is 5.91 Å². The summed E-state index contributed by atoms with van der Waals surface area (Å²) in [7, 11) is 0. The summed E-state index contributed by atoms with van der Waals surface area (Å²) in [5, 5.41) is 18.0. The summed E-state index contributed by atoms with van der Waals surface area (Å²) in [5.74, 6) is -2.08. The molecule has 0 aliphatic carbocycles. The Kier molecular flexibility index (Phi) is 10.4. The van der Waals surface area contributed by atoms with Gasteiger partial charge < -0.3 is 25.5 Å². The summed E-state index contributed by atoms with van der Waals surface area (Å²) in [6.45, 7) is 0.221. The number of carbonyl (C=O) groups is 4. The highest BCUT2D eigenvalue weighted by Crippen LogP contribution is 2.20. The first-order chi connectivity index (χ1) is 22.4. The van der Waals surface area contributed by atoms with Crippen molar-refractivity contribution in [3.63, 3.8) is 0 Å². The van der Waals surface area contributed by atoms with Crippen LogP contribution in [0.15, 0.2) is 132 Å². The van der Waals surface area contributed by atoms with E-state index in [9.17, 15) is 24.3 Å². The van der Waals surface area contributed by atoms with E-state index in [2.05, 4.69) is 16.0 Å². The lowest BCUT2D eigenvalue weighted by molar-refractivity contribution is -0.142. The van der Waals surface area contributed by atoms with Gasteiger partial charge in [-0.25, -0.2) is 4.79 Å². The molecule has 0 aliphatic rings. The third kappa shape index (κ3) is 8.57. The predicted octanol–water partition coefficient (Wildman–Crippen LogP) is 5.03. The third-order valence-corrected chi connectivity index (χ3v) is 7.43. The fourth-order valence-electron chi connectivity index (χ4n) is 4.93. The molecule has 4 N–H and O–H groups in total. The van der Waals surface area contributed by atoms with E-state index < -0.39 is 29.9 Å². The van der Waals surface area contributed by atoms with Gasteiger partial charge in [0.15, 0.2) is 0 Å². The molecule has 5 aromatic rings. The van der Waals surface area contributed by atoms with E-state index in [-0.39, 0.29) is 30.9 Å². The van der Waals surface area contributed by atoms with Crippen molar-refractivity contribution < 1.29 is 28.7 Å². The molecule has 9 heteroatoms. The smallest absolute Gasteiger partial charge is 0.326 e. The van der Waals surface area contributed by atoms with Crippen molar-refractivity contribution in [3.8, 4) is 11.1 Å². The Balaban J connectivity index is 1.30. The first-order valence-corrected chi connectivity index (χ1v) is 14.8. The Bertz CT molecular complexity index is 1750. The number of hydrogen-bond acceptors (Lipinski definition) is 5. The number of aliphatic carboxylic acids is 1. The minimum absolute atomic E-state index is 0.0812. The van der Waals surface area contributed by atoms with Crippen LogP contribution >= 0.6 is 0 Å². The second-order valence-electron chi connectivity index (χ2n) is 10.7. The largest absolute Gasteiger partial charge is 0.480 e. The topological polar surface area (TPSA) is 138 Å². The van der Waals surface area contributed by atoms with Crippen LogP contribution in [0.5, 0.6) is 0 Å². The third-order valence-electron chi connectivity index (χ3n) is 7.43. The lowest BCUT2D eigenvalue weighted by atomic mass is 9.99. The maximum atomic E-state index is 13.6. The Hall–Kier alpha value is -5.96. The van der Waals surface area contributed by atoms with Crippen LogP contribution in [0.4, 0.5) is 0 Å². The first-order valence-electron chi connectivity index (χ1n) is 14.8. The van der Waals surface area contributed by atoms with Gasteiger partial charge in [-0.3, -0.25) is 14.4 Å². The number of amides is 3. The molecule has 0 radical (unpaired) electrons. The fraction of sp³-hybridized carbons (Fsp3) is 0.135. The van der Waals surface area contributed by atoms with Crippen molar-refractivity contribution in [2.24, 2.45) is 0 Å². The number of carbonyl (C=O) groups excluding carboxylic acids is 3. The SMILES string of the molecule is O=C(NCc1ccco1)c1ccc(C(=O)N[C@@H](Cc2ccc(-c3ccccc3)cc2)C(=O)N[C@@H](Cc2ccccc2)C(=O)O)cc1. The molecule has 3 amide bonds. The normalized spacial score (nSPS) is 12.0. The zero-order valence-corrected chi connectivity index (χ0v) is 24.9. The van der Waals surface area contributed by atoms with Gasteiger partial charge in [-0.1, -0.05) is 84.9 Å². The number of carboxylic acids is 1. The lowest BCUT2D eigenvalue weighted by Crippen LogP contribution is -2.53. The second-order valence-corrected chi connectivity index (χ2v) is 10.7. The summed E-state index contributed by atoms with van der Waals surface area (Å²) >= 11 is 0. The molecular weight excluding hydrogens is 582 g/mol. The quantitative estimate of drug-likeness (QED) is 0.147. The maximum absolute atomic E-state index is 13.6.